The summed E-state index contributed by atoms with van der Waals surface area (Å²) in [6.07, 6.45) is 3.73. The fourth-order valence-electron chi connectivity index (χ4n) is 3.36. The fraction of sp³-hybridized carbons (Fsp3) is 0.333. The van der Waals surface area contributed by atoms with Gasteiger partial charge in [-0.25, -0.2) is 5.43 Å². The Morgan fingerprint density at radius 3 is 2.46 bits per heavy atom. The Bertz CT molecular complexity index is 804. The van der Waals surface area contributed by atoms with Crippen molar-refractivity contribution in [2.45, 2.75) is 11.4 Å². The molecule has 3 rings (SSSR count). The van der Waals surface area contributed by atoms with Crippen LogP contribution in [0.5, 0.6) is 0 Å². The molecule has 1 aliphatic rings. The van der Waals surface area contributed by atoms with Crippen LogP contribution in [0.25, 0.3) is 0 Å². The van der Waals surface area contributed by atoms with Crippen molar-refractivity contribution >= 4 is 35.5 Å². The maximum atomic E-state index is 12.1. The maximum Gasteiger partial charge on any atom is 0.295 e. The first kappa shape index (κ1) is 20.9. The minimum atomic E-state index is -0.0402. The van der Waals surface area contributed by atoms with E-state index in [1.807, 2.05) is 48.7 Å². The molecule has 1 amide bonds. The third-order valence-electron chi connectivity index (χ3n) is 4.99. The van der Waals surface area contributed by atoms with Crippen LogP contribution < -0.4 is 15.2 Å². The van der Waals surface area contributed by atoms with E-state index in [9.17, 15) is 4.79 Å². The molecule has 0 aromatic heterocycles. The van der Waals surface area contributed by atoms with Crippen molar-refractivity contribution in [2.75, 3.05) is 39.0 Å². The number of hydrogen-bond acceptors (Lipinski definition) is 3. The van der Waals surface area contributed by atoms with E-state index in [0.717, 1.165) is 43.3 Å². The molecule has 148 valence electrons. The van der Waals surface area contributed by atoms with Crippen LogP contribution in [0.2, 0.25) is 5.02 Å². The van der Waals surface area contributed by atoms with Gasteiger partial charge in [0.2, 0.25) is 0 Å². The second kappa shape index (κ2) is 10.6. The lowest BCUT2D eigenvalue weighted by molar-refractivity contribution is -1.02. The number of rotatable bonds is 7. The molecule has 0 bridgehead atoms. The second-order valence-corrected chi connectivity index (χ2v) is 8.30. The number of hydrogen-bond donors (Lipinski definition) is 3. The van der Waals surface area contributed by atoms with Crippen LogP contribution in [0.1, 0.15) is 11.1 Å². The normalized spacial score (nSPS) is 19.6. The van der Waals surface area contributed by atoms with E-state index >= 15 is 0 Å². The lowest BCUT2D eigenvalue weighted by Crippen LogP contribution is -3.28. The molecule has 1 aliphatic heterocycles. The second-order valence-electron chi connectivity index (χ2n) is 7.01. The number of carbonyl (C=O) groups is 1. The van der Waals surface area contributed by atoms with Crippen LogP contribution in [0.15, 0.2) is 58.5 Å². The van der Waals surface area contributed by atoms with Gasteiger partial charge in [-0.1, -0.05) is 41.9 Å². The fourth-order valence-corrected chi connectivity index (χ4v) is 3.97. The van der Waals surface area contributed by atoms with Gasteiger partial charge in [-0.15, -0.1) is 11.8 Å². The lowest BCUT2D eigenvalue weighted by Gasteiger charge is -2.29. The molecule has 2 aromatic carbocycles. The van der Waals surface area contributed by atoms with E-state index in [1.54, 1.807) is 18.0 Å². The van der Waals surface area contributed by atoms with E-state index in [-0.39, 0.29) is 5.91 Å². The lowest BCUT2D eigenvalue weighted by atomic mass is 10.2. The highest BCUT2D eigenvalue weighted by Crippen LogP contribution is 2.14. The number of piperazine rings is 1. The smallest absolute Gasteiger partial charge is 0.295 e. The van der Waals surface area contributed by atoms with Gasteiger partial charge in [0.05, 0.1) is 6.21 Å². The number of halogens is 1. The Kier molecular flexibility index (Phi) is 7.91. The predicted molar refractivity (Wildman–Crippen MR) is 115 cm³/mol. The number of carbonyl (C=O) groups excluding carboxylic acids is 1. The summed E-state index contributed by atoms with van der Waals surface area (Å²) in [4.78, 5) is 16.2. The Morgan fingerprint density at radius 1 is 1.11 bits per heavy atom. The van der Waals surface area contributed by atoms with Crippen LogP contribution >= 0.6 is 23.4 Å². The third-order valence-corrected chi connectivity index (χ3v) is 6.10. The monoisotopic (exact) mass is 418 g/mol. The number of nitrogens with zero attached hydrogens (tertiary/aromatic N) is 1. The average molecular weight is 419 g/mol. The number of hydrazone groups is 1. The molecule has 28 heavy (non-hydrogen) atoms. The van der Waals surface area contributed by atoms with Crippen LogP contribution in [-0.4, -0.2) is 51.1 Å². The van der Waals surface area contributed by atoms with Crippen molar-refractivity contribution in [1.29, 1.82) is 0 Å². The Balaban J connectivity index is 1.38. The first-order valence-corrected chi connectivity index (χ1v) is 11.1. The van der Waals surface area contributed by atoms with E-state index in [2.05, 4.69) is 16.6 Å². The highest BCUT2D eigenvalue weighted by atomic mass is 35.5. The van der Waals surface area contributed by atoms with Gasteiger partial charge in [0.25, 0.3) is 5.91 Å². The molecular weight excluding hydrogens is 392 g/mol. The summed E-state index contributed by atoms with van der Waals surface area (Å²) in [7, 11) is 0. The van der Waals surface area contributed by atoms with Gasteiger partial charge < -0.3 is 9.80 Å². The zero-order chi connectivity index (χ0) is 19.8. The van der Waals surface area contributed by atoms with E-state index in [4.69, 9.17) is 11.6 Å². The largest absolute Gasteiger partial charge is 0.322 e. The van der Waals surface area contributed by atoms with E-state index in [1.165, 1.54) is 20.3 Å². The molecule has 0 saturated carbocycles. The standard InChI is InChI=1S/C21H25ClN4OS/c1-28-19-8-6-17(7-9-19)14-23-24-21(27)16-26-12-10-25(11-13-26)15-18-4-2-3-5-20(18)22/h2-9,14H,10-13,15-16H2,1H3,(H,24,27)/p+2. The van der Waals surface area contributed by atoms with Crippen molar-refractivity contribution in [3.05, 3.63) is 64.7 Å². The van der Waals surface area contributed by atoms with Crippen molar-refractivity contribution in [2.24, 2.45) is 5.10 Å². The van der Waals surface area contributed by atoms with Crippen LogP contribution in [-0.2, 0) is 11.3 Å². The molecule has 7 heteroatoms. The quantitative estimate of drug-likeness (QED) is 0.348. The predicted octanol–water partition coefficient (Wildman–Crippen LogP) is 0.496. The number of benzene rings is 2. The summed E-state index contributed by atoms with van der Waals surface area (Å²) in [6.45, 7) is 5.44. The molecule has 0 spiro atoms. The number of thioether (sulfide) groups is 1. The zero-order valence-corrected chi connectivity index (χ0v) is 17.7. The topological polar surface area (TPSA) is 50.3 Å². The molecule has 5 nitrogen and oxygen atoms in total. The Hall–Kier alpha value is -1.86. The van der Waals surface area contributed by atoms with Crippen LogP contribution in [0.4, 0.5) is 0 Å². The van der Waals surface area contributed by atoms with E-state index in [0.29, 0.717) is 6.54 Å². The van der Waals surface area contributed by atoms with Crippen LogP contribution in [0.3, 0.4) is 0 Å². The molecule has 2 aromatic rings. The first-order valence-electron chi connectivity index (χ1n) is 9.50. The van der Waals surface area contributed by atoms with Crippen molar-refractivity contribution in [3.8, 4) is 0 Å². The van der Waals surface area contributed by atoms with Gasteiger partial charge in [0.1, 0.15) is 32.7 Å². The average Bonchev–Trinajstić information content (AvgIpc) is 2.72. The van der Waals surface area contributed by atoms with Gasteiger partial charge in [-0.05, 0) is 30.0 Å². The molecule has 1 heterocycles. The summed E-state index contributed by atoms with van der Waals surface area (Å²) in [5, 5.41) is 4.92. The number of amides is 1. The molecule has 0 aliphatic carbocycles. The molecule has 3 N–H and O–H groups in total. The van der Waals surface area contributed by atoms with Crippen molar-refractivity contribution < 1.29 is 14.6 Å². The molecular formula is C21H27ClN4OS+2. The van der Waals surface area contributed by atoms with Gasteiger partial charge in [-0.3, -0.25) is 4.79 Å². The van der Waals surface area contributed by atoms with E-state index < -0.39 is 0 Å². The summed E-state index contributed by atoms with van der Waals surface area (Å²) in [5.41, 5.74) is 4.81. The molecule has 0 atom stereocenters. The number of quaternary nitrogens is 2. The molecule has 0 radical (unpaired) electrons. The number of nitrogens with one attached hydrogen (secondary N) is 3. The SMILES string of the molecule is CSc1ccc(C=NNC(=O)C[NH+]2CC[NH+](Cc3ccccc3Cl)CC2)cc1. The summed E-state index contributed by atoms with van der Waals surface area (Å²) in [5.74, 6) is -0.0402. The minimum absolute atomic E-state index is 0.0402. The van der Waals surface area contributed by atoms with Gasteiger partial charge in [0.15, 0.2) is 6.54 Å². The highest BCUT2D eigenvalue weighted by molar-refractivity contribution is 7.98. The van der Waals surface area contributed by atoms with Gasteiger partial charge in [-0.2, -0.15) is 5.10 Å². The highest BCUT2D eigenvalue weighted by Gasteiger charge is 2.25. The van der Waals surface area contributed by atoms with Gasteiger partial charge in [0, 0.05) is 15.5 Å². The molecule has 1 saturated heterocycles. The molecule has 1 fully saturated rings. The Labute approximate surface area is 175 Å². The third kappa shape index (κ3) is 6.34. The van der Waals surface area contributed by atoms with Crippen molar-refractivity contribution in [3.63, 3.8) is 0 Å². The Morgan fingerprint density at radius 2 is 1.79 bits per heavy atom. The van der Waals surface area contributed by atoms with Gasteiger partial charge >= 0.3 is 0 Å². The van der Waals surface area contributed by atoms with Crippen molar-refractivity contribution in [1.82, 2.24) is 5.43 Å². The zero-order valence-electron chi connectivity index (χ0n) is 16.1. The minimum Gasteiger partial charge on any atom is -0.322 e. The summed E-state index contributed by atoms with van der Waals surface area (Å²) in [6, 6.07) is 16.1. The van der Waals surface area contributed by atoms with Crippen LogP contribution in [0, 0.1) is 0 Å². The summed E-state index contributed by atoms with van der Waals surface area (Å²) < 4.78 is 0. The molecule has 0 unspecified atom stereocenters. The summed E-state index contributed by atoms with van der Waals surface area (Å²) >= 11 is 7.96. The maximum absolute atomic E-state index is 12.1. The first-order chi connectivity index (χ1) is 13.6.